The van der Waals surface area contributed by atoms with Gasteiger partial charge in [0.1, 0.15) is 29.3 Å². The molecule has 0 fully saturated rings. The van der Waals surface area contributed by atoms with Gasteiger partial charge in [0, 0.05) is 23.9 Å². The number of methoxy groups -OCH3 is 2. The number of anilines is 2. The molecule has 0 bridgehead atoms. The van der Waals surface area contributed by atoms with Gasteiger partial charge in [0.2, 0.25) is 0 Å². The molecule has 3 rings (SSSR count). The zero-order valence-electron chi connectivity index (χ0n) is 15.1. The number of hydrogen-bond acceptors (Lipinski definition) is 6. The Bertz CT molecular complexity index is 913. The van der Waals surface area contributed by atoms with Crippen LogP contribution in [0.4, 0.5) is 11.5 Å². The molecule has 0 saturated heterocycles. The van der Waals surface area contributed by atoms with Crippen molar-refractivity contribution in [3.05, 3.63) is 72.2 Å². The molecule has 1 heterocycles. The quantitative estimate of drug-likeness (QED) is 0.669. The van der Waals surface area contributed by atoms with Gasteiger partial charge in [-0.2, -0.15) is 0 Å². The van der Waals surface area contributed by atoms with E-state index >= 15 is 0 Å². The molecule has 1 aromatic heterocycles. The number of amides is 1. The molecule has 7 heteroatoms. The second-order valence-electron chi connectivity index (χ2n) is 5.64. The standard InChI is InChI=1S/C20H20N4O3/c1-26-16-9-7-15(8-10-16)24-20(25)17-11-19(23-13-22-17)21-12-14-5-3-4-6-18(14)27-2/h3-11,13H,12H2,1-2H3,(H,24,25)(H,21,22,23). The maximum atomic E-state index is 12.4. The van der Waals surface area contributed by atoms with Crippen LogP contribution in [0.2, 0.25) is 0 Å². The first-order chi connectivity index (χ1) is 13.2. The SMILES string of the molecule is COc1ccc(NC(=O)c2cc(NCc3ccccc3OC)ncn2)cc1. The predicted molar refractivity (Wildman–Crippen MR) is 103 cm³/mol. The van der Waals surface area contributed by atoms with Crippen molar-refractivity contribution in [2.24, 2.45) is 0 Å². The maximum Gasteiger partial charge on any atom is 0.274 e. The first kappa shape index (κ1) is 18.2. The molecule has 0 saturated carbocycles. The summed E-state index contributed by atoms with van der Waals surface area (Å²) < 4.78 is 10.4. The molecule has 0 aliphatic rings. The third kappa shape index (κ3) is 4.72. The normalized spacial score (nSPS) is 10.1. The third-order valence-electron chi connectivity index (χ3n) is 3.90. The molecule has 0 atom stereocenters. The van der Waals surface area contributed by atoms with Crippen LogP contribution in [-0.2, 0) is 6.54 Å². The second-order valence-corrected chi connectivity index (χ2v) is 5.64. The van der Waals surface area contributed by atoms with Crippen LogP contribution in [0.5, 0.6) is 11.5 Å². The van der Waals surface area contributed by atoms with Crippen molar-refractivity contribution in [3.8, 4) is 11.5 Å². The monoisotopic (exact) mass is 364 g/mol. The molecule has 0 radical (unpaired) electrons. The van der Waals surface area contributed by atoms with Crippen LogP contribution in [0.25, 0.3) is 0 Å². The molecule has 2 aromatic carbocycles. The Balaban J connectivity index is 1.66. The van der Waals surface area contributed by atoms with Crippen LogP contribution in [0, 0.1) is 0 Å². The average molecular weight is 364 g/mol. The third-order valence-corrected chi connectivity index (χ3v) is 3.90. The van der Waals surface area contributed by atoms with E-state index in [2.05, 4.69) is 20.6 Å². The zero-order valence-corrected chi connectivity index (χ0v) is 15.1. The van der Waals surface area contributed by atoms with Gasteiger partial charge in [-0.05, 0) is 30.3 Å². The van der Waals surface area contributed by atoms with Crippen molar-refractivity contribution < 1.29 is 14.3 Å². The van der Waals surface area contributed by atoms with Crippen LogP contribution >= 0.6 is 0 Å². The number of nitrogens with zero attached hydrogens (tertiary/aromatic N) is 2. The Kier molecular flexibility index (Phi) is 5.84. The number of rotatable bonds is 7. The molecule has 3 aromatic rings. The Morgan fingerprint density at radius 1 is 1.00 bits per heavy atom. The lowest BCUT2D eigenvalue weighted by atomic mass is 10.2. The molecule has 0 spiro atoms. The van der Waals surface area contributed by atoms with E-state index < -0.39 is 0 Å². The highest BCUT2D eigenvalue weighted by Crippen LogP contribution is 2.19. The zero-order chi connectivity index (χ0) is 19.1. The van der Waals surface area contributed by atoms with Gasteiger partial charge < -0.3 is 20.1 Å². The number of para-hydroxylation sites is 1. The van der Waals surface area contributed by atoms with E-state index in [0.29, 0.717) is 18.1 Å². The molecule has 1 amide bonds. The molecule has 2 N–H and O–H groups in total. The topological polar surface area (TPSA) is 85.4 Å². The molecular formula is C20H20N4O3. The lowest BCUT2D eigenvalue weighted by Crippen LogP contribution is -2.14. The summed E-state index contributed by atoms with van der Waals surface area (Å²) in [6.45, 7) is 0.514. The minimum absolute atomic E-state index is 0.267. The Hall–Kier alpha value is -3.61. The van der Waals surface area contributed by atoms with Crippen LogP contribution < -0.4 is 20.1 Å². The number of carbonyl (C=O) groups is 1. The van der Waals surface area contributed by atoms with E-state index in [1.807, 2.05) is 24.3 Å². The van der Waals surface area contributed by atoms with E-state index in [4.69, 9.17) is 9.47 Å². The van der Waals surface area contributed by atoms with Crippen molar-refractivity contribution in [1.29, 1.82) is 0 Å². The minimum atomic E-state index is -0.317. The van der Waals surface area contributed by atoms with Crippen LogP contribution in [0.15, 0.2) is 60.9 Å². The maximum absolute atomic E-state index is 12.4. The highest BCUT2D eigenvalue weighted by molar-refractivity contribution is 6.03. The Morgan fingerprint density at radius 2 is 1.78 bits per heavy atom. The number of ether oxygens (including phenoxy) is 2. The molecule has 7 nitrogen and oxygen atoms in total. The van der Waals surface area contributed by atoms with Crippen molar-refractivity contribution in [3.63, 3.8) is 0 Å². The van der Waals surface area contributed by atoms with Gasteiger partial charge in [-0.1, -0.05) is 18.2 Å². The second kappa shape index (κ2) is 8.66. The number of benzene rings is 2. The average Bonchev–Trinajstić information content (AvgIpc) is 2.73. The van der Waals surface area contributed by atoms with Crippen molar-refractivity contribution >= 4 is 17.4 Å². The van der Waals surface area contributed by atoms with Crippen LogP contribution in [0.1, 0.15) is 16.1 Å². The largest absolute Gasteiger partial charge is 0.497 e. The van der Waals surface area contributed by atoms with E-state index in [0.717, 1.165) is 17.1 Å². The molecule has 138 valence electrons. The van der Waals surface area contributed by atoms with Crippen molar-refractivity contribution in [2.45, 2.75) is 6.54 Å². The van der Waals surface area contributed by atoms with Gasteiger partial charge in [0.05, 0.1) is 14.2 Å². The van der Waals surface area contributed by atoms with Crippen LogP contribution in [0.3, 0.4) is 0 Å². The van der Waals surface area contributed by atoms with E-state index in [1.54, 1.807) is 44.6 Å². The summed E-state index contributed by atoms with van der Waals surface area (Å²) in [4.78, 5) is 20.6. The van der Waals surface area contributed by atoms with Gasteiger partial charge >= 0.3 is 0 Å². The predicted octanol–water partition coefficient (Wildman–Crippen LogP) is 3.36. The Labute approximate surface area is 157 Å². The number of nitrogens with one attached hydrogen (secondary N) is 2. The molecule has 0 aliphatic heterocycles. The molecule has 0 aliphatic carbocycles. The fourth-order valence-electron chi connectivity index (χ4n) is 2.48. The summed E-state index contributed by atoms with van der Waals surface area (Å²) in [5.41, 5.74) is 1.91. The summed E-state index contributed by atoms with van der Waals surface area (Å²) in [7, 11) is 3.22. The molecule has 0 unspecified atom stereocenters. The van der Waals surface area contributed by atoms with Crippen LogP contribution in [-0.4, -0.2) is 30.1 Å². The summed E-state index contributed by atoms with van der Waals surface area (Å²) in [5.74, 6) is 1.74. The summed E-state index contributed by atoms with van der Waals surface area (Å²) in [6, 6.07) is 16.4. The lowest BCUT2D eigenvalue weighted by Gasteiger charge is -2.10. The van der Waals surface area contributed by atoms with Gasteiger partial charge in [-0.25, -0.2) is 9.97 Å². The first-order valence-electron chi connectivity index (χ1n) is 8.33. The Morgan fingerprint density at radius 3 is 2.52 bits per heavy atom. The lowest BCUT2D eigenvalue weighted by molar-refractivity contribution is 0.102. The number of hydrogen-bond donors (Lipinski definition) is 2. The fourth-order valence-corrected chi connectivity index (χ4v) is 2.48. The minimum Gasteiger partial charge on any atom is -0.497 e. The summed E-state index contributed by atoms with van der Waals surface area (Å²) in [6.07, 6.45) is 1.35. The van der Waals surface area contributed by atoms with E-state index in [1.165, 1.54) is 6.33 Å². The fraction of sp³-hybridized carbons (Fsp3) is 0.150. The number of aromatic nitrogens is 2. The van der Waals surface area contributed by atoms with Gasteiger partial charge in [0.15, 0.2) is 0 Å². The molecule has 27 heavy (non-hydrogen) atoms. The van der Waals surface area contributed by atoms with Gasteiger partial charge in [-0.15, -0.1) is 0 Å². The smallest absolute Gasteiger partial charge is 0.274 e. The van der Waals surface area contributed by atoms with E-state index in [-0.39, 0.29) is 11.6 Å². The number of carbonyl (C=O) groups excluding carboxylic acids is 1. The van der Waals surface area contributed by atoms with Gasteiger partial charge in [-0.3, -0.25) is 4.79 Å². The highest BCUT2D eigenvalue weighted by Gasteiger charge is 2.10. The van der Waals surface area contributed by atoms with E-state index in [9.17, 15) is 4.79 Å². The highest BCUT2D eigenvalue weighted by atomic mass is 16.5. The van der Waals surface area contributed by atoms with Gasteiger partial charge in [0.25, 0.3) is 5.91 Å². The van der Waals surface area contributed by atoms with Crippen molar-refractivity contribution in [2.75, 3.05) is 24.9 Å². The summed E-state index contributed by atoms with van der Waals surface area (Å²) in [5, 5.41) is 5.98. The molecular weight excluding hydrogens is 344 g/mol. The first-order valence-corrected chi connectivity index (χ1v) is 8.33. The summed E-state index contributed by atoms with van der Waals surface area (Å²) >= 11 is 0. The van der Waals surface area contributed by atoms with Crippen molar-refractivity contribution in [1.82, 2.24) is 9.97 Å².